The summed E-state index contributed by atoms with van der Waals surface area (Å²) in [7, 11) is 0. The number of carbonyl (C=O) groups is 2. The summed E-state index contributed by atoms with van der Waals surface area (Å²) in [5.74, 6) is 0.200. The van der Waals surface area contributed by atoms with Crippen LogP contribution in [-0.2, 0) is 9.59 Å². The van der Waals surface area contributed by atoms with E-state index in [-0.39, 0.29) is 18.8 Å². The molecule has 2 aliphatic heterocycles. The maximum Gasteiger partial charge on any atom is 0.223 e. The highest BCUT2D eigenvalue weighted by atomic mass is 16.2. The maximum absolute atomic E-state index is 11.7. The molecule has 0 unspecified atom stereocenters. The molecule has 0 N–H and O–H groups in total. The molecule has 3 heteroatoms. The molecule has 0 spiro atoms. The largest absolute Gasteiger partial charge is 0.335 e. The minimum absolute atomic E-state index is 0. The first-order chi connectivity index (χ1) is 7.23. The summed E-state index contributed by atoms with van der Waals surface area (Å²) in [4.78, 5) is 24.9. The molecule has 0 radical (unpaired) electrons. The Morgan fingerprint density at radius 1 is 1.67 bits per heavy atom. The molecule has 0 aliphatic carbocycles. The number of amides is 1. The molecule has 0 aromatic carbocycles. The fourth-order valence-corrected chi connectivity index (χ4v) is 2.78. The smallest absolute Gasteiger partial charge is 0.223 e. The van der Waals surface area contributed by atoms with Crippen molar-refractivity contribution < 1.29 is 11.0 Å². The summed E-state index contributed by atoms with van der Waals surface area (Å²) in [6.07, 6.45) is 8.16. The minimum Gasteiger partial charge on any atom is -0.335 e. The average molecular weight is 209 g/mol. The summed E-state index contributed by atoms with van der Waals surface area (Å²) in [5, 5.41) is 0. The molecule has 0 bridgehead atoms. The van der Waals surface area contributed by atoms with Gasteiger partial charge in [-0.3, -0.25) is 4.79 Å². The van der Waals surface area contributed by atoms with Crippen molar-refractivity contribution in [1.29, 1.82) is 0 Å². The lowest BCUT2D eigenvalue weighted by molar-refractivity contribution is -0.131. The molecule has 2 rings (SSSR count). The van der Waals surface area contributed by atoms with Crippen molar-refractivity contribution in [2.75, 3.05) is 6.54 Å². The zero-order valence-corrected chi connectivity index (χ0v) is 9.11. The standard InChI is InChI=1S/C12H17NO2.H2/c1-2-12(9-14)7-3-4-8-13-10(12)5-6-11(13)15;/h3-4,9-10H,2,5-8H2,1H3;1H/t10-,12+;/m0./s1. The predicted octanol–water partition coefficient (Wildman–Crippen LogP) is 1.78. The van der Waals surface area contributed by atoms with Gasteiger partial charge in [-0.1, -0.05) is 19.1 Å². The van der Waals surface area contributed by atoms with Crippen LogP contribution in [0.2, 0.25) is 0 Å². The van der Waals surface area contributed by atoms with Crippen LogP contribution in [0.1, 0.15) is 34.0 Å². The summed E-state index contributed by atoms with van der Waals surface area (Å²) in [5.41, 5.74) is -0.334. The highest BCUT2D eigenvalue weighted by molar-refractivity contribution is 5.80. The number of hydrogen-bond donors (Lipinski definition) is 0. The molecule has 2 heterocycles. The predicted molar refractivity (Wildman–Crippen MR) is 59.4 cm³/mol. The lowest BCUT2D eigenvalue weighted by Crippen LogP contribution is -2.45. The Labute approximate surface area is 91.6 Å². The third-order valence-corrected chi connectivity index (χ3v) is 3.85. The van der Waals surface area contributed by atoms with E-state index in [1.54, 1.807) is 0 Å². The van der Waals surface area contributed by atoms with E-state index in [2.05, 4.69) is 0 Å². The van der Waals surface area contributed by atoms with Gasteiger partial charge in [0.05, 0.1) is 0 Å². The van der Waals surface area contributed by atoms with Crippen molar-refractivity contribution >= 4 is 12.2 Å². The third kappa shape index (κ3) is 1.50. The molecule has 2 atom stereocenters. The van der Waals surface area contributed by atoms with Gasteiger partial charge in [0, 0.05) is 25.8 Å². The second kappa shape index (κ2) is 3.80. The number of allylic oxidation sites excluding steroid dienone is 1. The van der Waals surface area contributed by atoms with E-state index in [0.29, 0.717) is 13.0 Å². The molecule has 0 aromatic heterocycles. The van der Waals surface area contributed by atoms with Gasteiger partial charge in [0.25, 0.3) is 0 Å². The van der Waals surface area contributed by atoms with E-state index in [0.717, 1.165) is 25.5 Å². The number of carbonyl (C=O) groups excluding carboxylic acids is 2. The summed E-state index contributed by atoms with van der Waals surface area (Å²) in [6, 6.07) is 0.127. The molecule has 0 saturated carbocycles. The minimum atomic E-state index is -0.334. The fraction of sp³-hybridized carbons (Fsp3) is 0.667. The van der Waals surface area contributed by atoms with E-state index < -0.39 is 0 Å². The van der Waals surface area contributed by atoms with Crippen LogP contribution in [0, 0.1) is 5.41 Å². The zero-order valence-electron chi connectivity index (χ0n) is 9.11. The Hall–Kier alpha value is -1.12. The van der Waals surface area contributed by atoms with Gasteiger partial charge in [0.2, 0.25) is 5.91 Å². The fourth-order valence-electron chi connectivity index (χ4n) is 2.78. The van der Waals surface area contributed by atoms with E-state index in [1.807, 2.05) is 24.0 Å². The molecule has 0 aromatic rings. The number of aldehydes is 1. The van der Waals surface area contributed by atoms with Gasteiger partial charge in [-0.05, 0) is 19.3 Å². The molecule has 2 aliphatic rings. The first-order valence-electron chi connectivity index (χ1n) is 5.64. The van der Waals surface area contributed by atoms with Crippen LogP contribution in [0.15, 0.2) is 12.2 Å². The van der Waals surface area contributed by atoms with Crippen molar-refractivity contribution in [2.24, 2.45) is 5.41 Å². The normalized spacial score (nSPS) is 35.1. The van der Waals surface area contributed by atoms with Gasteiger partial charge in [-0.25, -0.2) is 0 Å². The van der Waals surface area contributed by atoms with Crippen molar-refractivity contribution in [3.05, 3.63) is 12.2 Å². The monoisotopic (exact) mass is 209 g/mol. The third-order valence-electron chi connectivity index (χ3n) is 3.85. The van der Waals surface area contributed by atoms with Crippen LogP contribution in [0.4, 0.5) is 0 Å². The average Bonchev–Trinajstić information content (AvgIpc) is 2.53. The summed E-state index contributed by atoms with van der Waals surface area (Å²) in [6.45, 7) is 2.72. The molecular weight excluding hydrogens is 190 g/mol. The van der Waals surface area contributed by atoms with Crippen LogP contribution in [0.25, 0.3) is 0 Å². The molecule has 1 amide bonds. The van der Waals surface area contributed by atoms with Gasteiger partial charge >= 0.3 is 0 Å². The Bertz CT molecular complexity index is 316. The molecular formula is C12H19NO2. The van der Waals surface area contributed by atoms with Crippen LogP contribution < -0.4 is 0 Å². The number of hydrogen-bond acceptors (Lipinski definition) is 2. The van der Waals surface area contributed by atoms with Gasteiger partial charge < -0.3 is 9.69 Å². The molecule has 15 heavy (non-hydrogen) atoms. The highest BCUT2D eigenvalue weighted by Crippen LogP contribution is 2.39. The Morgan fingerprint density at radius 2 is 2.47 bits per heavy atom. The lowest BCUT2D eigenvalue weighted by atomic mass is 9.75. The number of nitrogens with zero attached hydrogens (tertiary/aromatic N) is 1. The highest BCUT2D eigenvalue weighted by Gasteiger charge is 2.45. The lowest BCUT2D eigenvalue weighted by Gasteiger charge is -2.36. The van der Waals surface area contributed by atoms with Gasteiger partial charge in [-0.15, -0.1) is 0 Å². The second-order valence-corrected chi connectivity index (χ2v) is 4.48. The zero-order chi connectivity index (χ0) is 10.9. The SMILES string of the molecule is CC[C@]1(C=O)CC=CCN2C(=O)CC[C@H]21.[HH]. The van der Waals surface area contributed by atoms with Crippen molar-refractivity contribution in [3.8, 4) is 0 Å². The maximum atomic E-state index is 11.7. The number of fused-ring (bicyclic) bond motifs is 1. The first-order valence-corrected chi connectivity index (χ1v) is 5.64. The summed E-state index contributed by atoms with van der Waals surface area (Å²) < 4.78 is 0. The topological polar surface area (TPSA) is 37.4 Å². The number of rotatable bonds is 2. The molecule has 1 saturated heterocycles. The Balaban J connectivity index is 0.00000128. The Kier molecular flexibility index (Phi) is 2.63. The summed E-state index contributed by atoms with van der Waals surface area (Å²) >= 11 is 0. The molecule has 84 valence electrons. The van der Waals surface area contributed by atoms with E-state index in [4.69, 9.17) is 0 Å². The Morgan fingerprint density at radius 3 is 3.13 bits per heavy atom. The van der Waals surface area contributed by atoms with Crippen LogP contribution in [-0.4, -0.2) is 29.7 Å². The first kappa shape index (κ1) is 10.4. The van der Waals surface area contributed by atoms with Crippen LogP contribution >= 0.6 is 0 Å². The van der Waals surface area contributed by atoms with Crippen LogP contribution in [0.5, 0.6) is 0 Å². The van der Waals surface area contributed by atoms with Gasteiger partial charge in [0.1, 0.15) is 6.29 Å². The molecule has 3 nitrogen and oxygen atoms in total. The van der Waals surface area contributed by atoms with Gasteiger partial charge in [-0.2, -0.15) is 0 Å². The van der Waals surface area contributed by atoms with Crippen LogP contribution in [0.3, 0.4) is 0 Å². The quantitative estimate of drug-likeness (QED) is 0.513. The van der Waals surface area contributed by atoms with Crippen molar-refractivity contribution in [2.45, 2.75) is 38.6 Å². The van der Waals surface area contributed by atoms with Crippen molar-refractivity contribution in [3.63, 3.8) is 0 Å². The van der Waals surface area contributed by atoms with E-state index in [1.165, 1.54) is 0 Å². The van der Waals surface area contributed by atoms with Gasteiger partial charge in [0.15, 0.2) is 0 Å². The van der Waals surface area contributed by atoms with Crippen molar-refractivity contribution in [1.82, 2.24) is 4.90 Å². The second-order valence-electron chi connectivity index (χ2n) is 4.48. The van der Waals surface area contributed by atoms with E-state index >= 15 is 0 Å². The molecule has 1 fully saturated rings. The van der Waals surface area contributed by atoms with E-state index in [9.17, 15) is 9.59 Å².